The summed E-state index contributed by atoms with van der Waals surface area (Å²) < 4.78 is 39.5. The molecule has 2 aromatic heterocycles. The van der Waals surface area contributed by atoms with Gasteiger partial charge in [0.15, 0.2) is 0 Å². The Labute approximate surface area is 496 Å². The third kappa shape index (κ3) is 8.81. The van der Waals surface area contributed by atoms with Crippen molar-refractivity contribution in [1.82, 2.24) is 28.7 Å². The fourth-order valence-electron chi connectivity index (χ4n) is 18.1. The number of rotatable bonds is 6. The molecule has 13 nitrogen and oxygen atoms in total. The Morgan fingerprint density at radius 1 is 0.542 bits per heavy atom. The number of halogens is 2. The molecule has 2 amide bonds. The van der Waals surface area contributed by atoms with Crippen LogP contribution < -0.4 is 18.9 Å². The number of hydrogen-bond acceptors (Lipinski definition) is 8. The predicted octanol–water partition coefficient (Wildman–Crippen LogP) is 8.89. The van der Waals surface area contributed by atoms with E-state index in [1.165, 1.54) is 56.8 Å². The Bertz CT molecular complexity index is 3610. The molecular formula is C67H75F2LiN6O7. The van der Waals surface area contributed by atoms with Gasteiger partial charge in [-0.05, 0) is 173 Å². The Balaban J connectivity index is 0.000000152. The molecule has 6 aromatic rings. The van der Waals surface area contributed by atoms with Crippen molar-refractivity contribution in [2.45, 2.75) is 164 Å². The van der Waals surface area contributed by atoms with Crippen LogP contribution in [-0.2, 0) is 27.4 Å². The Hall–Kier alpha value is -5.82. The van der Waals surface area contributed by atoms with Crippen molar-refractivity contribution in [3.8, 4) is 22.5 Å². The van der Waals surface area contributed by atoms with Crippen LogP contribution >= 0.6 is 0 Å². The minimum Gasteiger partial charge on any atom is -0.870 e. The maximum Gasteiger partial charge on any atom is 1.00 e. The smallest absolute Gasteiger partial charge is 0.870 e. The second-order valence-electron chi connectivity index (χ2n) is 26.6. The van der Waals surface area contributed by atoms with E-state index >= 15 is 0 Å². The van der Waals surface area contributed by atoms with E-state index in [0.717, 1.165) is 139 Å². The van der Waals surface area contributed by atoms with Crippen LogP contribution in [0.4, 0.5) is 8.78 Å². The number of aromatic carboxylic acids is 1. The molecule has 16 heteroatoms. The van der Waals surface area contributed by atoms with E-state index in [2.05, 4.69) is 48.9 Å². The van der Waals surface area contributed by atoms with Gasteiger partial charge >= 0.3 is 30.8 Å². The van der Waals surface area contributed by atoms with Gasteiger partial charge in [0.25, 0.3) is 0 Å². The quantitative estimate of drug-likeness (QED) is 0.127. The van der Waals surface area contributed by atoms with Crippen molar-refractivity contribution < 1.29 is 62.1 Å². The van der Waals surface area contributed by atoms with E-state index in [9.17, 15) is 33.1 Å². The number of methoxy groups -OCH3 is 1. The van der Waals surface area contributed by atoms with Gasteiger partial charge in [-0.2, -0.15) is 0 Å². The molecule has 4 aliphatic carbocycles. The van der Waals surface area contributed by atoms with Gasteiger partial charge in [-0.3, -0.25) is 9.59 Å². The number of carbonyl (C=O) groups is 4. The number of fused-ring (bicyclic) bond motifs is 18. The van der Waals surface area contributed by atoms with Crippen LogP contribution in [0.3, 0.4) is 0 Å². The minimum absolute atomic E-state index is 0. The van der Waals surface area contributed by atoms with E-state index in [1.54, 1.807) is 36.4 Å². The van der Waals surface area contributed by atoms with Crippen molar-refractivity contribution in [3.63, 3.8) is 0 Å². The van der Waals surface area contributed by atoms with Crippen molar-refractivity contribution >= 4 is 45.6 Å². The summed E-state index contributed by atoms with van der Waals surface area (Å²) >= 11 is 0. The van der Waals surface area contributed by atoms with Crippen LogP contribution in [0, 0.1) is 22.5 Å². The number of carboxylic acid groups (broad SMARTS) is 1. The summed E-state index contributed by atoms with van der Waals surface area (Å²) in [5, 5.41) is 12.1. The summed E-state index contributed by atoms with van der Waals surface area (Å²) in [7, 11) is 5.71. The number of hydrogen-bond donors (Lipinski definition) is 1. The first kappa shape index (κ1) is 56.3. The van der Waals surface area contributed by atoms with Crippen LogP contribution in [0.5, 0.6) is 0 Å². The van der Waals surface area contributed by atoms with Crippen LogP contribution in [0.1, 0.15) is 169 Å². The van der Waals surface area contributed by atoms with Gasteiger partial charge in [0.05, 0.1) is 40.5 Å². The number of ether oxygens (including phenoxy) is 1. The maximum absolute atomic E-state index is 14.9. The molecule has 8 fully saturated rings. The second-order valence-corrected chi connectivity index (χ2v) is 26.6. The van der Waals surface area contributed by atoms with Crippen LogP contribution in [0.2, 0.25) is 0 Å². The number of likely N-dealkylation sites (tertiary alicyclic amines) is 2. The molecule has 2 N–H and O–H groups in total. The van der Waals surface area contributed by atoms with E-state index in [-0.39, 0.29) is 95.3 Å². The summed E-state index contributed by atoms with van der Waals surface area (Å²) in [4.78, 5) is 63.2. The zero-order chi connectivity index (χ0) is 55.4. The van der Waals surface area contributed by atoms with E-state index in [4.69, 9.17) is 4.74 Å². The van der Waals surface area contributed by atoms with Gasteiger partial charge < -0.3 is 44.1 Å². The van der Waals surface area contributed by atoms with Crippen LogP contribution in [0.15, 0.2) is 72.8 Å². The molecule has 4 bridgehead atoms. The van der Waals surface area contributed by atoms with Gasteiger partial charge in [-0.25, -0.2) is 18.4 Å². The van der Waals surface area contributed by atoms with E-state index in [0.29, 0.717) is 36.9 Å². The zero-order valence-electron chi connectivity index (χ0n) is 48.5. The van der Waals surface area contributed by atoms with Gasteiger partial charge in [0, 0.05) is 108 Å². The summed E-state index contributed by atoms with van der Waals surface area (Å²) in [5.41, 5.74) is 10.2. The molecule has 16 rings (SSSR count). The molecule has 6 aliphatic heterocycles. The number of aromatic nitrogens is 2. The Morgan fingerprint density at radius 3 is 1.34 bits per heavy atom. The molecule has 0 spiro atoms. The molecule has 83 heavy (non-hydrogen) atoms. The number of likely N-dealkylation sites (N-methyl/N-ethyl adjacent to an activating group) is 2. The number of amides is 2. The topological polar surface area (TPSA) is 151 Å². The van der Waals surface area contributed by atoms with E-state index < -0.39 is 16.8 Å². The van der Waals surface area contributed by atoms with Gasteiger partial charge in [-0.15, -0.1) is 0 Å². The summed E-state index contributed by atoms with van der Waals surface area (Å²) in [6.07, 6.45) is 17.3. The average Bonchev–Trinajstić information content (AvgIpc) is 2.40. The summed E-state index contributed by atoms with van der Waals surface area (Å²) in [5.74, 6) is -0.599. The molecule has 4 saturated carbocycles. The number of benzene rings is 4. The monoisotopic (exact) mass is 1120 g/mol. The van der Waals surface area contributed by atoms with Crippen LogP contribution in [0.25, 0.3) is 44.3 Å². The molecule has 4 aromatic carbocycles. The largest absolute Gasteiger partial charge is 1.00 e. The predicted molar refractivity (Wildman–Crippen MR) is 308 cm³/mol. The molecule has 8 heterocycles. The Kier molecular flexibility index (Phi) is 14.2. The number of piperazine rings is 2. The minimum atomic E-state index is -0.947. The SMILES string of the molecule is CN1CC2CCC(C1)N2C(=O)[C@]12C[C@H]1c1cc(F)ccc1-c1c(C3CCCCC3)c3ccc(C(=O)O)cc3n1C2.COC(=O)c1ccc2c(C3CCCCC3)c3n(c2c1)C[C@@]1(C(=O)N2C4CCC2CN(C)C4)C[C@H]1c1cc(F)ccc1-3.[Li+].[OH-]. The third-order valence-corrected chi connectivity index (χ3v) is 21.9. The first-order valence-electron chi connectivity index (χ1n) is 30.5. The molecule has 8 atom stereocenters. The number of nitrogens with zero attached hydrogens (tertiary/aromatic N) is 6. The average molecular weight is 1120 g/mol. The van der Waals surface area contributed by atoms with Gasteiger partial charge in [-0.1, -0.05) is 50.7 Å². The molecule has 4 saturated heterocycles. The summed E-state index contributed by atoms with van der Waals surface area (Å²) in [6, 6.07) is 22.7. The molecule has 10 aliphatic rings. The maximum atomic E-state index is 14.9. The second kappa shape index (κ2) is 21.0. The zero-order valence-corrected chi connectivity index (χ0v) is 48.5. The fraction of sp³-hybridized carbons (Fsp3) is 0.522. The molecular weight excluding hydrogens is 1050 g/mol. The number of carbonyl (C=O) groups excluding carboxylic acids is 3. The molecule has 430 valence electrons. The van der Waals surface area contributed by atoms with Gasteiger partial charge in [0.1, 0.15) is 11.6 Å². The first-order valence-corrected chi connectivity index (χ1v) is 30.5. The first-order chi connectivity index (χ1) is 39.2. The fourth-order valence-corrected chi connectivity index (χ4v) is 18.1. The van der Waals surface area contributed by atoms with Crippen molar-refractivity contribution in [2.24, 2.45) is 10.8 Å². The van der Waals surface area contributed by atoms with Crippen molar-refractivity contribution in [1.29, 1.82) is 0 Å². The molecule has 4 unspecified atom stereocenters. The number of carboxylic acids is 1. The van der Waals surface area contributed by atoms with Crippen molar-refractivity contribution in [3.05, 3.63) is 118 Å². The third-order valence-electron chi connectivity index (χ3n) is 21.9. The molecule has 0 radical (unpaired) electrons. The standard InChI is InChI=1S/C34H38FN3O3.C33H36FN3O3.Li.H2O/c1-36-17-23-10-11-24(18-36)38(23)33(40)34-16-28(34)27-15-22(35)9-13-25(27)31-30(20-6-4-3-5-7-20)26-12-8-21(32(39)41-2)14-29(26)37(31)19-34;1-35-16-22-9-10-23(17-35)37(22)32(40)33-15-27(33)26-14-21(34)8-12-24(26)30-29(19-5-3-2-4-6-19)25-11-7-20(31(38)39)13-28(25)36(30)18-33;;/h8-9,12-15,20,23-24,28H,3-7,10-11,16-19H2,1-2H3;7-8,11-14,19,22-23,27H,2-6,9-10,15-18H2,1H3,(H,38,39);;1H2/q;;+1;/p-1/t23?,24?,28-,34-;22?,23?,27-,33-;;/m00../s1. The summed E-state index contributed by atoms with van der Waals surface area (Å²) in [6.45, 7) is 4.71. The normalized spacial score (nSPS) is 28.6. The number of esters is 1. The van der Waals surface area contributed by atoms with E-state index in [1.807, 2.05) is 30.3 Å². The van der Waals surface area contributed by atoms with Crippen molar-refractivity contribution in [2.75, 3.05) is 47.4 Å². The van der Waals surface area contributed by atoms with Crippen LogP contribution in [-0.4, -0.2) is 135 Å². The van der Waals surface area contributed by atoms with Gasteiger partial charge in [0.2, 0.25) is 11.8 Å². The Morgan fingerprint density at radius 2 is 0.940 bits per heavy atom.